The van der Waals surface area contributed by atoms with Crippen molar-refractivity contribution in [3.8, 4) is 34.1 Å². The summed E-state index contributed by atoms with van der Waals surface area (Å²) < 4.78 is 16.6. The van der Waals surface area contributed by atoms with E-state index in [1.54, 1.807) is 21.3 Å². The van der Waals surface area contributed by atoms with Gasteiger partial charge in [-0.05, 0) is 23.3 Å². The van der Waals surface area contributed by atoms with E-state index in [1.165, 1.54) is 21.6 Å². The fourth-order valence-corrected chi connectivity index (χ4v) is 4.39. The van der Waals surface area contributed by atoms with Gasteiger partial charge in [0.15, 0.2) is 23.0 Å². The highest BCUT2D eigenvalue weighted by atomic mass is 16.5. The van der Waals surface area contributed by atoms with Crippen LogP contribution in [0.1, 0.15) is 22.7 Å². The summed E-state index contributed by atoms with van der Waals surface area (Å²) in [4.78, 5) is 1.47. The summed E-state index contributed by atoms with van der Waals surface area (Å²) in [5, 5.41) is 11.0. The molecule has 0 aromatic heterocycles. The van der Waals surface area contributed by atoms with Crippen LogP contribution in [0.4, 0.5) is 0 Å². The second-order valence-corrected chi connectivity index (χ2v) is 6.81. The monoisotopic (exact) mass is 342 g/mol. The van der Waals surface area contributed by atoms with Crippen molar-refractivity contribution in [1.82, 2.24) is 0 Å². The molecular weight excluding hydrogens is 318 g/mol. The highest BCUT2D eigenvalue weighted by Gasteiger charge is 2.40. The van der Waals surface area contributed by atoms with Gasteiger partial charge in [0, 0.05) is 29.5 Å². The summed E-state index contributed by atoms with van der Waals surface area (Å²) in [6, 6.07) is 6.35. The molecule has 2 atom stereocenters. The van der Waals surface area contributed by atoms with E-state index in [2.05, 4.69) is 13.1 Å². The lowest BCUT2D eigenvalue weighted by atomic mass is 9.76. The van der Waals surface area contributed by atoms with Crippen LogP contribution in [0.3, 0.4) is 0 Å². The Bertz CT molecular complexity index is 846. The lowest BCUT2D eigenvalue weighted by Gasteiger charge is -2.38. The number of nitrogens with one attached hydrogen (secondary N) is 1. The van der Waals surface area contributed by atoms with Crippen LogP contribution in [0.5, 0.6) is 23.0 Å². The number of quaternary nitrogens is 1. The summed E-state index contributed by atoms with van der Waals surface area (Å²) in [6.07, 6.45) is 1.90. The predicted molar refractivity (Wildman–Crippen MR) is 95.1 cm³/mol. The van der Waals surface area contributed by atoms with Crippen molar-refractivity contribution in [3.63, 3.8) is 0 Å². The van der Waals surface area contributed by atoms with Gasteiger partial charge in [0.05, 0.1) is 34.9 Å². The zero-order valence-corrected chi connectivity index (χ0v) is 15.1. The number of rotatable bonds is 3. The van der Waals surface area contributed by atoms with Crippen molar-refractivity contribution in [2.24, 2.45) is 0 Å². The maximum absolute atomic E-state index is 11.0. The number of fused-ring (bicyclic) bond motifs is 2. The average molecular weight is 342 g/mol. The molecule has 5 heteroatoms. The van der Waals surface area contributed by atoms with Crippen molar-refractivity contribution in [1.29, 1.82) is 0 Å². The van der Waals surface area contributed by atoms with E-state index in [0.29, 0.717) is 23.3 Å². The lowest BCUT2D eigenvalue weighted by molar-refractivity contribution is -0.914. The Kier molecular flexibility index (Phi) is 3.76. The van der Waals surface area contributed by atoms with E-state index < -0.39 is 0 Å². The van der Waals surface area contributed by atoms with E-state index in [4.69, 9.17) is 14.2 Å². The first-order valence-electron chi connectivity index (χ1n) is 8.60. The Morgan fingerprint density at radius 3 is 2.44 bits per heavy atom. The minimum absolute atomic E-state index is 0.188. The van der Waals surface area contributed by atoms with Gasteiger partial charge >= 0.3 is 0 Å². The fraction of sp³-hybridized carbons (Fsp3) is 0.400. The predicted octanol–water partition coefficient (Wildman–Crippen LogP) is 1.75. The first-order valence-corrected chi connectivity index (χ1v) is 8.60. The number of aromatic hydroxyl groups is 1. The zero-order chi connectivity index (χ0) is 17.7. The number of ether oxygens (including phenoxy) is 3. The Labute approximate surface area is 147 Å². The van der Waals surface area contributed by atoms with E-state index >= 15 is 0 Å². The molecule has 1 aliphatic carbocycles. The third kappa shape index (κ3) is 2.19. The van der Waals surface area contributed by atoms with Gasteiger partial charge in [0.2, 0.25) is 0 Å². The molecule has 1 heterocycles. The van der Waals surface area contributed by atoms with E-state index in [-0.39, 0.29) is 5.75 Å². The van der Waals surface area contributed by atoms with Gasteiger partial charge in [-0.25, -0.2) is 0 Å². The number of hydrogen-bond donors (Lipinski definition) is 2. The number of hydrogen-bond acceptors (Lipinski definition) is 4. The van der Waals surface area contributed by atoms with Crippen molar-refractivity contribution < 1.29 is 24.2 Å². The Morgan fingerprint density at radius 1 is 1.00 bits per heavy atom. The molecule has 25 heavy (non-hydrogen) atoms. The van der Waals surface area contributed by atoms with Crippen molar-refractivity contribution in [3.05, 3.63) is 34.9 Å². The van der Waals surface area contributed by atoms with Gasteiger partial charge in [-0.15, -0.1) is 0 Å². The minimum Gasteiger partial charge on any atom is -0.504 e. The largest absolute Gasteiger partial charge is 0.504 e. The molecule has 2 aromatic rings. The molecule has 2 aromatic carbocycles. The summed E-state index contributed by atoms with van der Waals surface area (Å²) in [5.74, 6) is 2.05. The third-order valence-electron chi connectivity index (χ3n) is 5.65. The quantitative estimate of drug-likeness (QED) is 0.892. The number of methoxy groups -OCH3 is 3. The van der Waals surface area contributed by atoms with Gasteiger partial charge < -0.3 is 24.2 Å². The van der Waals surface area contributed by atoms with Gasteiger partial charge in [0.1, 0.15) is 6.04 Å². The summed E-state index contributed by atoms with van der Waals surface area (Å²) >= 11 is 0. The first kappa shape index (κ1) is 16.1. The molecule has 0 amide bonds. The van der Waals surface area contributed by atoms with Gasteiger partial charge in [-0.1, -0.05) is 6.07 Å². The van der Waals surface area contributed by atoms with Crippen molar-refractivity contribution in [2.75, 3.05) is 34.9 Å². The Balaban J connectivity index is 2.10. The highest BCUT2D eigenvalue weighted by molar-refractivity contribution is 5.88. The van der Waals surface area contributed by atoms with Crippen LogP contribution in [0.2, 0.25) is 0 Å². The zero-order valence-electron chi connectivity index (χ0n) is 15.1. The number of likely N-dealkylation sites (N-methyl/N-ethyl adjacent to an activating group) is 1. The molecule has 2 unspecified atom stereocenters. The fourth-order valence-electron chi connectivity index (χ4n) is 4.39. The van der Waals surface area contributed by atoms with Crippen LogP contribution in [-0.2, 0) is 12.8 Å². The van der Waals surface area contributed by atoms with E-state index in [9.17, 15) is 5.11 Å². The average Bonchev–Trinajstić information content (AvgIpc) is 2.64. The topological polar surface area (TPSA) is 52.4 Å². The van der Waals surface area contributed by atoms with Crippen LogP contribution in [0.25, 0.3) is 11.1 Å². The molecule has 5 nitrogen and oxygen atoms in total. The molecule has 2 N–H and O–H groups in total. The number of benzene rings is 2. The molecule has 132 valence electrons. The van der Waals surface area contributed by atoms with Gasteiger partial charge in [-0.2, -0.15) is 0 Å². The van der Waals surface area contributed by atoms with Gasteiger partial charge in [-0.3, -0.25) is 0 Å². The first-order chi connectivity index (χ1) is 12.1. The van der Waals surface area contributed by atoms with Gasteiger partial charge in [0.25, 0.3) is 0 Å². The summed E-state index contributed by atoms with van der Waals surface area (Å²) in [7, 11) is 7.10. The molecular formula is C20H24NO4+. The molecule has 1 aliphatic heterocycles. The van der Waals surface area contributed by atoms with Crippen LogP contribution >= 0.6 is 0 Å². The molecule has 0 saturated carbocycles. The standard InChI is InChI=1S/C20H23NO4/c1-21-8-7-12-10-15(24-3)19(22)18-16(12)13(21)9-11-5-6-14(23-2)20(25-4)17(11)18/h5-6,10,13,22H,7-9H2,1-4H3/p+1. The smallest absolute Gasteiger partial charge is 0.168 e. The second-order valence-electron chi connectivity index (χ2n) is 6.81. The van der Waals surface area contributed by atoms with Crippen LogP contribution < -0.4 is 19.1 Å². The van der Waals surface area contributed by atoms with Crippen LogP contribution in [0.15, 0.2) is 18.2 Å². The van der Waals surface area contributed by atoms with Crippen molar-refractivity contribution >= 4 is 0 Å². The highest BCUT2D eigenvalue weighted by Crippen LogP contribution is 2.54. The van der Waals surface area contributed by atoms with E-state index in [0.717, 1.165) is 30.5 Å². The van der Waals surface area contributed by atoms with Crippen LogP contribution in [0, 0.1) is 0 Å². The summed E-state index contributed by atoms with van der Waals surface area (Å²) in [6.45, 7) is 1.08. The Hall–Kier alpha value is -2.40. The normalized spacial score (nSPS) is 20.5. The molecule has 0 radical (unpaired) electrons. The number of phenols is 1. The Morgan fingerprint density at radius 2 is 1.76 bits per heavy atom. The maximum Gasteiger partial charge on any atom is 0.168 e. The second kappa shape index (κ2) is 5.85. The molecule has 2 aliphatic rings. The van der Waals surface area contributed by atoms with Crippen LogP contribution in [-0.4, -0.2) is 40.0 Å². The third-order valence-corrected chi connectivity index (χ3v) is 5.65. The molecule has 0 bridgehead atoms. The molecule has 4 rings (SSSR count). The van der Waals surface area contributed by atoms with Crippen molar-refractivity contribution in [2.45, 2.75) is 18.9 Å². The summed E-state index contributed by atoms with van der Waals surface area (Å²) in [5.41, 5.74) is 5.43. The van der Waals surface area contributed by atoms with E-state index in [1.807, 2.05) is 12.1 Å². The number of phenolic OH excluding ortho intramolecular Hbond substituents is 1. The minimum atomic E-state index is 0.188. The molecule has 0 spiro atoms. The maximum atomic E-state index is 11.0. The lowest BCUT2D eigenvalue weighted by Crippen LogP contribution is -3.10. The molecule has 0 fully saturated rings. The molecule has 0 saturated heterocycles. The SMILES string of the molecule is COc1cc2c3c(c1O)-c1c(ccc(OC)c1OC)CC3[NH+](C)CC2.